The molecule has 2 heterocycles. The van der Waals surface area contributed by atoms with Gasteiger partial charge >= 0.3 is 6.09 Å². The Hall–Kier alpha value is -2.58. The van der Waals surface area contributed by atoms with E-state index in [-0.39, 0.29) is 30.6 Å². The summed E-state index contributed by atoms with van der Waals surface area (Å²) in [5, 5.41) is 13.1. The van der Waals surface area contributed by atoms with Gasteiger partial charge in [-0.25, -0.2) is 9.18 Å². The highest BCUT2D eigenvalue weighted by Crippen LogP contribution is 2.31. The molecule has 3 rings (SSSR count). The number of aliphatic hydroxyl groups is 1. The zero-order valence-corrected chi connectivity index (χ0v) is 16.2. The van der Waals surface area contributed by atoms with Crippen molar-refractivity contribution in [2.75, 3.05) is 6.54 Å². The highest BCUT2D eigenvalue weighted by molar-refractivity contribution is 6.30. The molecule has 7 nitrogen and oxygen atoms in total. The topological polar surface area (TPSA) is 94.7 Å². The number of likely N-dealkylation sites (tertiary alicyclic amines) is 1. The quantitative estimate of drug-likeness (QED) is 0.661. The molecule has 0 spiro atoms. The number of amides is 2. The average molecular weight is 410 g/mol. The van der Waals surface area contributed by atoms with E-state index in [1.165, 1.54) is 17.0 Å². The number of aromatic nitrogens is 1. The predicted octanol–water partition coefficient (Wildman–Crippen LogP) is 3.02. The maximum Gasteiger partial charge on any atom is 0.410 e. The van der Waals surface area contributed by atoms with E-state index in [4.69, 9.17) is 16.3 Å². The lowest BCUT2D eigenvalue weighted by Crippen LogP contribution is -2.46. The molecule has 1 aliphatic rings. The fraction of sp³-hybridized carbons (Fsp3) is 0.368. The molecule has 2 amide bonds. The van der Waals surface area contributed by atoms with Crippen molar-refractivity contribution in [3.63, 3.8) is 0 Å². The number of benzene rings is 1. The summed E-state index contributed by atoms with van der Waals surface area (Å²) in [6, 6.07) is 7.29. The molecule has 1 fully saturated rings. The van der Waals surface area contributed by atoms with Gasteiger partial charge < -0.3 is 25.0 Å². The zero-order chi connectivity index (χ0) is 20.5. The number of rotatable bonds is 5. The van der Waals surface area contributed by atoms with Crippen molar-refractivity contribution in [3.05, 3.63) is 58.1 Å². The average Bonchev–Trinajstić information content (AvgIpc) is 3.16. The third-order valence-electron chi connectivity index (χ3n) is 4.68. The van der Waals surface area contributed by atoms with E-state index >= 15 is 0 Å². The Labute approximate surface area is 166 Å². The molecule has 2 unspecified atom stereocenters. The van der Waals surface area contributed by atoms with Crippen LogP contribution >= 0.6 is 11.6 Å². The number of hydrogen-bond donors (Lipinski definition) is 3. The summed E-state index contributed by atoms with van der Waals surface area (Å²) >= 11 is 5.77. The summed E-state index contributed by atoms with van der Waals surface area (Å²) in [7, 11) is 0. The zero-order valence-electron chi connectivity index (χ0n) is 15.5. The number of carbonyl (C=O) groups excluding carboxylic acids is 2. The molecular weight excluding hydrogens is 389 g/mol. The minimum Gasteiger partial charge on any atom is -0.407 e. The molecule has 0 bridgehead atoms. The van der Waals surface area contributed by atoms with Gasteiger partial charge in [-0.3, -0.25) is 4.79 Å². The van der Waals surface area contributed by atoms with Crippen LogP contribution in [-0.4, -0.2) is 39.3 Å². The van der Waals surface area contributed by atoms with Crippen molar-refractivity contribution in [1.82, 2.24) is 15.2 Å². The molecule has 0 radical (unpaired) electrons. The minimum atomic E-state index is -2.24. The van der Waals surface area contributed by atoms with Gasteiger partial charge in [0, 0.05) is 35.9 Å². The van der Waals surface area contributed by atoms with E-state index in [0.717, 1.165) is 17.5 Å². The first-order valence-corrected chi connectivity index (χ1v) is 9.16. The number of hydrogen-bond acceptors (Lipinski definition) is 4. The summed E-state index contributed by atoms with van der Waals surface area (Å²) in [5.41, 5.74) is 2.20. The predicted molar refractivity (Wildman–Crippen MR) is 100.0 cm³/mol. The number of carbonyl (C=O) groups is 2. The van der Waals surface area contributed by atoms with Crippen LogP contribution in [0.3, 0.4) is 0 Å². The summed E-state index contributed by atoms with van der Waals surface area (Å²) in [6.45, 7) is 3.89. The van der Waals surface area contributed by atoms with Crippen LogP contribution in [0.1, 0.15) is 36.3 Å². The molecule has 150 valence electrons. The Kier molecular flexibility index (Phi) is 5.62. The molecule has 1 aromatic heterocycles. The highest BCUT2D eigenvalue weighted by atomic mass is 35.5. The number of halogens is 2. The van der Waals surface area contributed by atoms with Gasteiger partial charge in [-0.2, -0.15) is 0 Å². The molecule has 0 saturated carbocycles. The molecule has 9 heteroatoms. The number of ether oxygens (including phenoxy) is 1. The van der Waals surface area contributed by atoms with Crippen LogP contribution in [0, 0.1) is 12.7 Å². The fourth-order valence-electron chi connectivity index (χ4n) is 3.18. The van der Waals surface area contributed by atoms with Crippen molar-refractivity contribution in [3.8, 4) is 0 Å². The third kappa shape index (κ3) is 4.28. The van der Waals surface area contributed by atoms with Gasteiger partial charge in [-0.15, -0.1) is 0 Å². The van der Waals surface area contributed by atoms with Crippen molar-refractivity contribution in [2.24, 2.45) is 0 Å². The van der Waals surface area contributed by atoms with Crippen LogP contribution in [0.25, 0.3) is 0 Å². The summed E-state index contributed by atoms with van der Waals surface area (Å²) in [4.78, 5) is 29.3. The van der Waals surface area contributed by atoms with E-state index in [2.05, 4.69) is 10.3 Å². The fourth-order valence-corrected chi connectivity index (χ4v) is 3.43. The number of alkyl carbamates (subject to hydrolysis) is 1. The Bertz CT molecular complexity index is 883. The smallest absolute Gasteiger partial charge is 0.407 e. The molecule has 0 aliphatic carbocycles. The first-order chi connectivity index (χ1) is 13.2. The van der Waals surface area contributed by atoms with Gasteiger partial charge in [0.2, 0.25) is 0 Å². The van der Waals surface area contributed by atoms with Crippen LogP contribution in [0.4, 0.5) is 9.18 Å². The van der Waals surface area contributed by atoms with Crippen LogP contribution in [-0.2, 0) is 16.1 Å². The summed E-state index contributed by atoms with van der Waals surface area (Å²) in [6.07, 6.45) is -1.03. The SMILES string of the molecule is Cc1ccc(C(C)N2CCC(O)(OC(=O)NCc3cc(F)cc(Cl)c3)C2=O)[nH]1. The van der Waals surface area contributed by atoms with E-state index in [1.807, 2.05) is 26.0 Å². The molecule has 1 aliphatic heterocycles. The van der Waals surface area contributed by atoms with Gasteiger partial charge in [0.25, 0.3) is 11.7 Å². The Morgan fingerprint density at radius 2 is 2.21 bits per heavy atom. The number of H-pyrrole nitrogens is 1. The second-order valence-corrected chi connectivity index (χ2v) is 7.26. The van der Waals surface area contributed by atoms with Crippen LogP contribution < -0.4 is 5.32 Å². The highest BCUT2D eigenvalue weighted by Gasteiger charge is 2.50. The van der Waals surface area contributed by atoms with Gasteiger partial charge in [-0.1, -0.05) is 11.6 Å². The number of nitrogens with zero attached hydrogens (tertiary/aromatic N) is 1. The Morgan fingerprint density at radius 3 is 2.86 bits per heavy atom. The number of nitrogens with one attached hydrogen (secondary N) is 2. The Balaban J connectivity index is 1.60. The molecule has 1 saturated heterocycles. The lowest BCUT2D eigenvalue weighted by atomic mass is 10.2. The minimum absolute atomic E-state index is 0.0466. The Morgan fingerprint density at radius 1 is 1.46 bits per heavy atom. The van der Waals surface area contributed by atoms with Crippen molar-refractivity contribution >= 4 is 23.6 Å². The van der Waals surface area contributed by atoms with Crippen molar-refractivity contribution in [1.29, 1.82) is 0 Å². The van der Waals surface area contributed by atoms with Crippen LogP contribution in [0.15, 0.2) is 30.3 Å². The first-order valence-electron chi connectivity index (χ1n) is 8.79. The van der Waals surface area contributed by atoms with Crippen LogP contribution in [0.5, 0.6) is 0 Å². The normalized spacial score (nSPS) is 20.3. The molecule has 2 aromatic rings. The molecule has 1 aromatic carbocycles. The van der Waals surface area contributed by atoms with Gasteiger partial charge in [0.05, 0.1) is 6.04 Å². The summed E-state index contributed by atoms with van der Waals surface area (Å²) < 4.78 is 18.3. The lowest BCUT2D eigenvalue weighted by molar-refractivity contribution is -0.183. The maximum atomic E-state index is 13.3. The molecular formula is C19H21ClFN3O4. The number of aromatic amines is 1. The molecule has 28 heavy (non-hydrogen) atoms. The van der Waals surface area contributed by atoms with Gasteiger partial charge in [-0.05, 0) is 49.7 Å². The van der Waals surface area contributed by atoms with Gasteiger partial charge in [0.15, 0.2) is 0 Å². The van der Waals surface area contributed by atoms with E-state index in [1.54, 1.807) is 0 Å². The molecule has 3 N–H and O–H groups in total. The first kappa shape index (κ1) is 20.2. The van der Waals surface area contributed by atoms with E-state index < -0.39 is 23.6 Å². The standard InChI is InChI=1S/C19H21ClFN3O4/c1-11-3-4-16(23-11)12(2)24-6-5-19(27,17(24)25)28-18(26)22-10-13-7-14(20)9-15(21)8-13/h3-4,7-9,12,23,27H,5-6,10H2,1-2H3,(H,22,26). The van der Waals surface area contributed by atoms with Crippen molar-refractivity contribution in [2.45, 2.75) is 38.6 Å². The lowest BCUT2D eigenvalue weighted by Gasteiger charge is -2.26. The van der Waals surface area contributed by atoms with Crippen LogP contribution in [0.2, 0.25) is 5.02 Å². The van der Waals surface area contributed by atoms with E-state index in [0.29, 0.717) is 5.56 Å². The largest absolute Gasteiger partial charge is 0.410 e. The second-order valence-electron chi connectivity index (χ2n) is 6.83. The van der Waals surface area contributed by atoms with Gasteiger partial charge in [0.1, 0.15) is 5.82 Å². The summed E-state index contributed by atoms with van der Waals surface area (Å²) in [5.74, 6) is -3.46. The number of aryl methyl sites for hydroxylation is 1. The third-order valence-corrected chi connectivity index (χ3v) is 4.90. The van der Waals surface area contributed by atoms with E-state index in [9.17, 15) is 19.1 Å². The maximum absolute atomic E-state index is 13.3. The van der Waals surface area contributed by atoms with Crippen molar-refractivity contribution < 1.29 is 23.8 Å². The monoisotopic (exact) mass is 409 g/mol. The molecule has 2 atom stereocenters. The second kappa shape index (κ2) is 7.81.